The van der Waals surface area contributed by atoms with Crippen molar-refractivity contribution in [3.05, 3.63) is 71.8 Å². The molecule has 230 valence electrons. The Balaban J connectivity index is 1.96. The van der Waals surface area contributed by atoms with Crippen LogP contribution in [-0.2, 0) is 41.8 Å². The van der Waals surface area contributed by atoms with Gasteiger partial charge in [0.2, 0.25) is 0 Å². The Hall–Kier alpha value is -3.38. The van der Waals surface area contributed by atoms with E-state index in [9.17, 15) is 19.2 Å². The Morgan fingerprint density at radius 1 is 0.619 bits per heavy atom. The van der Waals surface area contributed by atoms with Crippen molar-refractivity contribution < 1.29 is 38.1 Å². The van der Waals surface area contributed by atoms with Gasteiger partial charge in [-0.15, -0.1) is 0 Å². The summed E-state index contributed by atoms with van der Waals surface area (Å²) in [7, 11) is 2.44. The average Bonchev–Trinajstić information content (AvgIpc) is 2.91. The maximum absolute atomic E-state index is 12.8. The van der Waals surface area contributed by atoms with Crippen LogP contribution in [0.4, 0.5) is 9.59 Å². The highest BCUT2D eigenvalue weighted by atomic mass is 33.1. The molecule has 2 aromatic rings. The Labute approximate surface area is 255 Å². The minimum atomic E-state index is -1.02. The van der Waals surface area contributed by atoms with E-state index < -0.39 is 47.4 Å². The van der Waals surface area contributed by atoms with Crippen LogP contribution in [-0.4, -0.2) is 58.9 Å². The van der Waals surface area contributed by atoms with E-state index in [0.29, 0.717) is 0 Å². The molecule has 0 spiro atoms. The van der Waals surface area contributed by atoms with Gasteiger partial charge in [-0.3, -0.25) is 0 Å². The van der Waals surface area contributed by atoms with Crippen molar-refractivity contribution >= 4 is 45.7 Å². The predicted molar refractivity (Wildman–Crippen MR) is 164 cm³/mol. The summed E-state index contributed by atoms with van der Waals surface area (Å²) < 4.78 is 21.5. The fraction of sp³-hybridized carbons (Fsp3) is 0.467. The molecule has 0 saturated heterocycles. The number of nitrogens with one attached hydrogen (secondary N) is 2. The summed E-state index contributed by atoms with van der Waals surface area (Å²) in [6.45, 7) is 10.4. The standard InChI is InChI=1S/C30H40N2O8S2/c1-29(2,3)39-25(33)23(31-27(35)37-17-21-13-9-7-10-14-21)19-41-42-20-24(26(34)40-30(4,5)6)32-28(36)38-18-22-15-11-8-12-16-22/h7-16,23-24H,17-20H2,1-6H3,(H,31,35)(H,32,36)/t23-,24-/m0/s1. The molecule has 0 aromatic heterocycles. The zero-order valence-corrected chi connectivity index (χ0v) is 26.5. The van der Waals surface area contributed by atoms with Crippen LogP contribution in [0.3, 0.4) is 0 Å². The normalized spacial score (nSPS) is 12.8. The van der Waals surface area contributed by atoms with Gasteiger partial charge in [-0.2, -0.15) is 0 Å². The van der Waals surface area contributed by atoms with Gasteiger partial charge in [0.05, 0.1) is 0 Å². The molecule has 2 aromatic carbocycles. The average molecular weight is 621 g/mol. The van der Waals surface area contributed by atoms with Crippen LogP contribution in [0.2, 0.25) is 0 Å². The van der Waals surface area contributed by atoms with Gasteiger partial charge in [0.1, 0.15) is 36.5 Å². The quantitative estimate of drug-likeness (QED) is 0.126. The molecule has 0 aliphatic carbocycles. The van der Waals surface area contributed by atoms with E-state index in [-0.39, 0.29) is 24.7 Å². The monoisotopic (exact) mass is 620 g/mol. The van der Waals surface area contributed by atoms with Crippen molar-refractivity contribution in [3.63, 3.8) is 0 Å². The summed E-state index contributed by atoms with van der Waals surface area (Å²) in [6.07, 6.45) is -1.54. The van der Waals surface area contributed by atoms with E-state index in [4.69, 9.17) is 18.9 Å². The first-order valence-electron chi connectivity index (χ1n) is 13.4. The lowest BCUT2D eigenvalue weighted by molar-refractivity contribution is -0.157. The Morgan fingerprint density at radius 2 is 0.952 bits per heavy atom. The molecule has 0 unspecified atom stereocenters. The first-order valence-corrected chi connectivity index (χ1v) is 15.9. The lowest BCUT2D eigenvalue weighted by Gasteiger charge is -2.25. The number of esters is 2. The fourth-order valence-electron chi connectivity index (χ4n) is 3.13. The predicted octanol–water partition coefficient (Wildman–Crippen LogP) is 5.64. The van der Waals surface area contributed by atoms with Crippen LogP contribution < -0.4 is 10.6 Å². The molecular weight excluding hydrogens is 580 g/mol. The molecule has 42 heavy (non-hydrogen) atoms. The fourth-order valence-corrected chi connectivity index (χ4v) is 5.43. The van der Waals surface area contributed by atoms with Gasteiger partial charge >= 0.3 is 24.1 Å². The van der Waals surface area contributed by atoms with Crippen molar-refractivity contribution in [2.75, 3.05) is 11.5 Å². The Morgan fingerprint density at radius 3 is 1.26 bits per heavy atom. The number of alkyl carbamates (subject to hydrolysis) is 2. The second-order valence-electron chi connectivity index (χ2n) is 11.2. The smallest absolute Gasteiger partial charge is 0.408 e. The molecule has 2 amide bonds. The lowest BCUT2D eigenvalue weighted by atomic mass is 10.2. The van der Waals surface area contributed by atoms with Crippen LogP contribution in [0.1, 0.15) is 52.7 Å². The zero-order valence-electron chi connectivity index (χ0n) is 24.8. The molecule has 0 aliphatic heterocycles. The van der Waals surface area contributed by atoms with Gasteiger partial charge in [0.25, 0.3) is 0 Å². The van der Waals surface area contributed by atoms with E-state index in [2.05, 4.69) is 10.6 Å². The lowest BCUT2D eigenvalue weighted by Crippen LogP contribution is -2.46. The summed E-state index contributed by atoms with van der Waals surface area (Å²) in [5.41, 5.74) is 0.0622. The number of benzene rings is 2. The minimum absolute atomic E-state index is 0.0409. The van der Waals surface area contributed by atoms with Crippen LogP contribution in [0, 0.1) is 0 Å². The highest BCUT2D eigenvalue weighted by Crippen LogP contribution is 2.25. The molecule has 2 atom stereocenters. The van der Waals surface area contributed by atoms with Crippen molar-refractivity contribution in [2.45, 2.75) is 78.0 Å². The first-order chi connectivity index (χ1) is 19.7. The van der Waals surface area contributed by atoms with Gasteiger partial charge in [-0.1, -0.05) is 82.3 Å². The summed E-state index contributed by atoms with van der Waals surface area (Å²) in [5, 5.41) is 5.13. The zero-order chi connectivity index (χ0) is 31.2. The highest BCUT2D eigenvalue weighted by molar-refractivity contribution is 8.76. The molecule has 0 heterocycles. The molecule has 2 rings (SSSR count). The topological polar surface area (TPSA) is 129 Å². The van der Waals surface area contributed by atoms with Crippen LogP contribution in [0.5, 0.6) is 0 Å². The van der Waals surface area contributed by atoms with Crippen molar-refractivity contribution in [1.29, 1.82) is 0 Å². The van der Waals surface area contributed by atoms with E-state index in [1.54, 1.807) is 41.5 Å². The molecular formula is C30H40N2O8S2. The molecule has 12 heteroatoms. The summed E-state index contributed by atoms with van der Waals surface area (Å²) in [6, 6.07) is 16.3. The molecule has 0 saturated carbocycles. The van der Waals surface area contributed by atoms with Gasteiger partial charge in [0, 0.05) is 11.5 Å². The number of carbonyl (C=O) groups excluding carboxylic acids is 4. The molecule has 0 fully saturated rings. The summed E-state index contributed by atoms with van der Waals surface area (Å²) >= 11 is 0. The maximum Gasteiger partial charge on any atom is 0.408 e. The number of ether oxygens (including phenoxy) is 4. The van der Waals surface area contributed by atoms with E-state index in [1.807, 2.05) is 60.7 Å². The molecule has 0 radical (unpaired) electrons. The van der Waals surface area contributed by atoms with Gasteiger partial charge in [0.15, 0.2) is 0 Å². The summed E-state index contributed by atoms with van der Waals surface area (Å²) in [4.78, 5) is 50.6. The number of carbonyl (C=O) groups is 4. The van der Waals surface area contributed by atoms with Crippen molar-refractivity contribution in [3.8, 4) is 0 Å². The highest BCUT2D eigenvalue weighted by Gasteiger charge is 2.30. The molecule has 0 aliphatic rings. The molecule has 0 bridgehead atoms. The number of hydrogen-bond acceptors (Lipinski definition) is 10. The second kappa shape index (κ2) is 16.9. The van der Waals surface area contributed by atoms with E-state index >= 15 is 0 Å². The van der Waals surface area contributed by atoms with Gasteiger partial charge in [-0.05, 0) is 52.7 Å². The second-order valence-corrected chi connectivity index (χ2v) is 13.7. The Bertz CT molecular complexity index is 1060. The largest absolute Gasteiger partial charge is 0.458 e. The number of rotatable bonds is 13. The van der Waals surface area contributed by atoms with Crippen LogP contribution in [0.25, 0.3) is 0 Å². The summed E-state index contributed by atoms with van der Waals surface area (Å²) in [5.74, 6) is -1.03. The Kier molecular flexibility index (Phi) is 14.0. The van der Waals surface area contributed by atoms with Crippen LogP contribution >= 0.6 is 21.6 Å². The van der Waals surface area contributed by atoms with Gasteiger partial charge < -0.3 is 29.6 Å². The van der Waals surface area contributed by atoms with Crippen molar-refractivity contribution in [2.24, 2.45) is 0 Å². The van der Waals surface area contributed by atoms with E-state index in [0.717, 1.165) is 11.1 Å². The number of hydrogen-bond donors (Lipinski definition) is 2. The number of amides is 2. The van der Waals surface area contributed by atoms with Crippen LogP contribution in [0.15, 0.2) is 60.7 Å². The third-order valence-electron chi connectivity index (χ3n) is 4.95. The third kappa shape index (κ3) is 15.0. The molecule has 10 nitrogen and oxygen atoms in total. The van der Waals surface area contributed by atoms with Gasteiger partial charge in [-0.25, -0.2) is 19.2 Å². The van der Waals surface area contributed by atoms with Crippen molar-refractivity contribution in [1.82, 2.24) is 10.6 Å². The maximum atomic E-state index is 12.8. The minimum Gasteiger partial charge on any atom is -0.458 e. The molecule has 2 N–H and O–H groups in total. The SMILES string of the molecule is CC(C)(C)OC(=O)[C@H](CSSC[C@H](NC(=O)OCc1ccccc1)C(=O)OC(C)(C)C)NC(=O)OCc1ccccc1. The first kappa shape index (κ1) is 34.8. The third-order valence-corrected chi connectivity index (χ3v) is 7.37. The van der Waals surface area contributed by atoms with E-state index in [1.165, 1.54) is 21.6 Å².